The van der Waals surface area contributed by atoms with Gasteiger partial charge in [-0.1, -0.05) is 23.7 Å². The molecule has 152 valence electrons. The molecule has 29 heavy (non-hydrogen) atoms. The summed E-state index contributed by atoms with van der Waals surface area (Å²) in [5, 5.41) is 0.554. The zero-order valence-electron chi connectivity index (χ0n) is 16.6. The summed E-state index contributed by atoms with van der Waals surface area (Å²) in [6, 6.07) is 12.9. The van der Waals surface area contributed by atoms with E-state index in [1.165, 1.54) is 4.90 Å². The maximum Gasteiger partial charge on any atom is 0.251 e. The van der Waals surface area contributed by atoms with Crippen molar-refractivity contribution in [2.24, 2.45) is 0 Å². The van der Waals surface area contributed by atoms with Crippen molar-refractivity contribution in [1.29, 1.82) is 0 Å². The Labute approximate surface area is 175 Å². The molecule has 2 aromatic carbocycles. The average Bonchev–Trinajstić information content (AvgIpc) is 3.04. The van der Waals surface area contributed by atoms with E-state index in [1.54, 1.807) is 19.2 Å². The van der Waals surface area contributed by atoms with Gasteiger partial charge >= 0.3 is 0 Å². The summed E-state index contributed by atoms with van der Waals surface area (Å²) in [4.78, 5) is 31.3. The Morgan fingerprint density at radius 3 is 2.45 bits per heavy atom. The fraction of sp³-hybridized carbons (Fsp3) is 0.364. The molecule has 0 saturated carbocycles. The molecule has 0 radical (unpaired) electrons. The molecule has 2 saturated heterocycles. The number of carbonyl (C=O) groups is 2. The number of rotatable bonds is 4. The number of methoxy groups -OCH3 is 1. The Morgan fingerprint density at radius 2 is 1.76 bits per heavy atom. The Balaban J connectivity index is 1.44. The highest BCUT2D eigenvalue weighted by Crippen LogP contribution is 2.30. The van der Waals surface area contributed by atoms with E-state index in [-0.39, 0.29) is 18.2 Å². The van der Waals surface area contributed by atoms with Crippen LogP contribution in [0.1, 0.15) is 12.0 Å². The monoisotopic (exact) mass is 413 g/mol. The van der Waals surface area contributed by atoms with Gasteiger partial charge in [-0.2, -0.15) is 0 Å². The van der Waals surface area contributed by atoms with Gasteiger partial charge in [-0.15, -0.1) is 0 Å². The quantitative estimate of drug-likeness (QED) is 0.721. The van der Waals surface area contributed by atoms with Crippen LogP contribution < -0.4 is 14.5 Å². The van der Waals surface area contributed by atoms with Gasteiger partial charge in [0.15, 0.2) is 0 Å². The molecule has 0 aliphatic carbocycles. The molecule has 6 nitrogen and oxygen atoms in total. The molecular weight excluding hydrogens is 390 g/mol. The summed E-state index contributed by atoms with van der Waals surface area (Å²) >= 11 is 6.19. The first-order valence-electron chi connectivity index (χ1n) is 9.74. The molecule has 1 atom stereocenters. The van der Waals surface area contributed by atoms with Gasteiger partial charge in [0, 0.05) is 43.0 Å². The summed E-state index contributed by atoms with van der Waals surface area (Å²) in [5.74, 6) is 0.494. The van der Waals surface area contributed by atoms with E-state index < -0.39 is 6.04 Å². The minimum atomic E-state index is -0.407. The number of imide groups is 1. The van der Waals surface area contributed by atoms with E-state index in [0.29, 0.717) is 10.7 Å². The first-order valence-corrected chi connectivity index (χ1v) is 10.1. The third-order valence-corrected chi connectivity index (χ3v) is 6.12. The fourth-order valence-electron chi connectivity index (χ4n) is 3.99. The number of benzene rings is 2. The number of aryl methyl sites for hydroxylation is 1. The number of carbonyl (C=O) groups excluding carboxylic acids is 2. The molecule has 0 spiro atoms. The van der Waals surface area contributed by atoms with Crippen LogP contribution in [0.2, 0.25) is 5.02 Å². The van der Waals surface area contributed by atoms with Crippen LogP contribution in [0.25, 0.3) is 0 Å². The molecule has 0 unspecified atom stereocenters. The van der Waals surface area contributed by atoms with Crippen molar-refractivity contribution in [3.05, 3.63) is 53.1 Å². The number of nitrogens with zero attached hydrogens (tertiary/aromatic N) is 3. The van der Waals surface area contributed by atoms with Crippen molar-refractivity contribution >= 4 is 34.8 Å². The largest absolute Gasteiger partial charge is 0.497 e. The van der Waals surface area contributed by atoms with Crippen LogP contribution in [-0.2, 0) is 9.59 Å². The van der Waals surface area contributed by atoms with Gasteiger partial charge < -0.3 is 9.64 Å². The molecule has 2 heterocycles. The number of halogens is 1. The zero-order valence-corrected chi connectivity index (χ0v) is 17.4. The topological polar surface area (TPSA) is 53.1 Å². The third kappa shape index (κ3) is 3.82. The van der Waals surface area contributed by atoms with E-state index in [4.69, 9.17) is 16.3 Å². The summed E-state index contributed by atoms with van der Waals surface area (Å²) in [6.45, 7) is 4.93. The van der Waals surface area contributed by atoms with Gasteiger partial charge in [0.1, 0.15) is 5.75 Å². The maximum atomic E-state index is 13.0. The van der Waals surface area contributed by atoms with Gasteiger partial charge in [-0.3, -0.25) is 14.5 Å². The molecule has 2 aromatic rings. The molecule has 2 aliphatic rings. The van der Waals surface area contributed by atoms with Crippen molar-refractivity contribution < 1.29 is 14.3 Å². The first kappa shape index (κ1) is 19.7. The van der Waals surface area contributed by atoms with Crippen molar-refractivity contribution in [3.63, 3.8) is 0 Å². The van der Waals surface area contributed by atoms with Crippen molar-refractivity contribution in [2.45, 2.75) is 19.4 Å². The molecule has 0 bridgehead atoms. The van der Waals surface area contributed by atoms with Crippen molar-refractivity contribution in [1.82, 2.24) is 4.90 Å². The van der Waals surface area contributed by atoms with Gasteiger partial charge in [0.2, 0.25) is 5.91 Å². The second-order valence-electron chi connectivity index (χ2n) is 7.45. The maximum absolute atomic E-state index is 13.0. The lowest BCUT2D eigenvalue weighted by molar-refractivity contribution is -0.123. The molecule has 7 heteroatoms. The summed E-state index contributed by atoms with van der Waals surface area (Å²) in [6.07, 6.45) is 0.212. The van der Waals surface area contributed by atoms with E-state index in [2.05, 4.69) is 15.9 Å². The van der Waals surface area contributed by atoms with Crippen molar-refractivity contribution in [2.75, 3.05) is 43.1 Å². The molecule has 4 rings (SSSR count). The number of hydrogen-bond donors (Lipinski definition) is 0. The highest BCUT2D eigenvalue weighted by atomic mass is 35.5. The third-order valence-electron chi connectivity index (χ3n) is 5.71. The number of piperazine rings is 1. The van der Waals surface area contributed by atoms with Gasteiger partial charge in [-0.05, 0) is 36.8 Å². The number of anilines is 2. The van der Waals surface area contributed by atoms with Crippen LogP contribution in [0.5, 0.6) is 5.75 Å². The highest BCUT2D eigenvalue weighted by molar-refractivity contribution is 6.32. The Kier molecular flexibility index (Phi) is 5.48. The van der Waals surface area contributed by atoms with Crippen molar-refractivity contribution in [3.8, 4) is 5.75 Å². The summed E-state index contributed by atoms with van der Waals surface area (Å²) in [7, 11) is 1.66. The minimum Gasteiger partial charge on any atom is -0.497 e. The average molecular weight is 414 g/mol. The van der Waals surface area contributed by atoms with Gasteiger partial charge in [-0.25, -0.2) is 4.90 Å². The van der Waals surface area contributed by atoms with E-state index >= 15 is 0 Å². The summed E-state index contributed by atoms with van der Waals surface area (Å²) in [5.41, 5.74) is 2.57. The molecule has 0 aromatic heterocycles. The Hall–Kier alpha value is -2.57. The second-order valence-corrected chi connectivity index (χ2v) is 7.85. The Bertz CT molecular complexity index is 941. The smallest absolute Gasteiger partial charge is 0.251 e. The van der Waals surface area contributed by atoms with Gasteiger partial charge in [0.25, 0.3) is 5.91 Å². The van der Waals surface area contributed by atoms with E-state index in [9.17, 15) is 9.59 Å². The van der Waals surface area contributed by atoms with Crippen LogP contribution in [0, 0.1) is 6.92 Å². The van der Waals surface area contributed by atoms with Gasteiger partial charge in [0.05, 0.1) is 25.3 Å². The standard InChI is InChI=1S/C22H24ClN3O3/c1-15-6-7-17(13-19(15)23)26-21(27)14-20(22(26)28)25-10-8-24(9-11-25)16-4-3-5-18(12-16)29-2/h3-7,12-13,20H,8-11,14H2,1-2H3/t20-/m1/s1. The lowest BCUT2D eigenvalue weighted by Crippen LogP contribution is -2.52. The molecule has 2 aliphatic heterocycles. The van der Waals surface area contributed by atoms with Crippen LogP contribution in [-0.4, -0.2) is 56.0 Å². The fourth-order valence-corrected chi connectivity index (χ4v) is 4.17. The van der Waals surface area contributed by atoms with Crippen LogP contribution in [0.4, 0.5) is 11.4 Å². The normalized spacial score (nSPS) is 20.4. The first-order chi connectivity index (χ1) is 14.0. The molecule has 2 amide bonds. The van der Waals surface area contributed by atoms with E-state index in [1.807, 2.05) is 31.2 Å². The Morgan fingerprint density at radius 1 is 1.00 bits per heavy atom. The van der Waals surface area contributed by atoms with E-state index in [0.717, 1.165) is 43.2 Å². The molecule has 0 N–H and O–H groups in total. The molecule has 2 fully saturated rings. The predicted octanol–water partition coefficient (Wildman–Crippen LogP) is 3.11. The predicted molar refractivity (Wildman–Crippen MR) is 114 cm³/mol. The second kappa shape index (κ2) is 8.05. The minimum absolute atomic E-state index is 0.162. The SMILES string of the molecule is COc1cccc(N2CCN([C@@H]3CC(=O)N(c4ccc(C)c(Cl)c4)C3=O)CC2)c1. The zero-order chi connectivity index (χ0) is 20.5. The van der Waals surface area contributed by atoms with Crippen LogP contribution in [0.3, 0.4) is 0 Å². The number of amides is 2. The van der Waals surface area contributed by atoms with Crippen LogP contribution >= 0.6 is 11.6 Å². The number of ether oxygens (including phenoxy) is 1. The number of hydrogen-bond acceptors (Lipinski definition) is 5. The highest BCUT2D eigenvalue weighted by Gasteiger charge is 2.43. The summed E-state index contributed by atoms with van der Waals surface area (Å²) < 4.78 is 5.31. The lowest BCUT2D eigenvalue weighted by Gasteiger charge is -2.38. The van der Waals surface area contributed by atoms with Crippen LogP contribution in [0.15, 0.2) is 42.5 Å². The lowest BCUT2D eigenvalue weighted by atomic mass is 10.1. The molecular formula is C22H24ClN3O3.